The topological polar surface area (TPSA) is 70.7 Å². The summed E-state index contributed by atoms with van der Waals surface area (Å²) >= 11 is 0. The molecule has 0 radical (unpaired) electrons. The van der Waals surface area contributed by atoms with Crippen molar-refractivity contribution < 1.29 is 14.3 Å². The largest absolute Gasteiger partial charge is 0.497 e. The molecule has 2 aromatic rings. The first kappa shape index (κ1) is 19.3. The summed E-state index contributed by atoms with van der Waals surface area (Å²) in [6.45, 7) is 2.25. The summed E-state index contributed by atoms with van der Waals surface area (Å²) in [4.78, 5) is 25.9. The predicted octanol–water partition coefficient (Wildman–Crippen LogP) is 3.43. The highest BCUT2D eigenvalue weighted by Gasteiger charge is 2.17. The van der Waals surface area contributed by atoms with E-state index >= 15 is 0 Å². The summed E-state index contributed by atoms with van der Waals surface area (Å²) in [5.41, 5.74) is 1.73. The minimum atomic E-state index is -0.346. The van der Waals surface area contributed by atoms with E-state index in [1.165, 1.54) is 0 Å². The van der Waals surface area contributed by atoms with E-state index in [0.29, 0.717) is 5.69 Å². The van der Waals surface area contributed by atoms with Gasteiger partial charge in [-0.15, -0.1) is 0 Å². The molecular weight excluding hydrogens is 330 g/mol. The lowest BCUT2D eigenvalue weighted by Crippen LogP contribution is -2.35. The molecular formula is C20H25N3O3. The Balaban J connectivity index is 1.75. The molecule has 2 N–H and O–H groups in total. The van der Waals surface area contributed by atoms with Crippen molar-refractivity contribution in [2.45, 2.75) is 19.4 Å². The first-order chi connectivity index (χ1) is 12.5. The minimum absolute atomic E-state index is 0.0168. The minimum Gasteiger partial charge on any atom is -0.497 e. The number of carbonyl (C=O) groups excluding carboxylic acids is 2. The number of rotatable bonds is 7. The maximum atomic E-state index is 12.3. The van der Waals surface area contributed by atoms with Crippen LogP contribution >= 0.6 is 0 Å². The Morgan fingerprint density at radius 2 is 1.73 bits per heavy atom. The maximum Gasteiger partial charge on any atom is 0.319 e. The van der Waals surface area contributed by atoms with Gasteiger partial charge in [0.15, 0.2) is 0 Å². The molecule has 0 fully saturated rings. The van der Waals surface area contributed by atoms with E-state index in [1.807, 2.05) is 37.3 Å². The Labute approximate surface area is 154 Å². The fraction of sp³-hybridized carbons (Fsp3) is 0.300. The molecule has 138 valence electrons. The van der Waals surface area contributed by atoms with Crippen LogP contribution in [-0.4, -0.2) is 37.5 Å². The third kappa shape index (κ3) is 5.51. The Morgan fingerprint density at radius 3 is 2.35 bits per heavy atom. The van der Waals surface area contributed by atoms with Crippen LogP contribution in [0.1, 0.15) is 24.9 Å². The van der Waals surface area contributed by atoms with Crippen LogP contribution in [-0.2, 0) is 4.79 Å². The number of ether oxygens (including phenoxy) is 1. The average molecular weight is 355 g/mol. The van der Waals surface area contributed by atoms with Crippen LogP contribution in [0.2, 0.25) is 0 Å². The Bertz CT molecular complexity index is 717. The van der Waals surface area contributed by atoms with Crippen molar-refractivity contribution in [1.29, 1.82) is 0 Å². The first-order valence-electron chi connectivity index (χ1n) is 8.50. The Hall–Kier alpha value is -3.02. The first-order valence-corrected chi connectivity index (χ1v) is 8.50. The van der Waals surface area contributed by atoms with Gasteiger partial charge in [0.25, 0.3) is 0 Å². The predicted molar refractivity (Wildman–Crippen MR) is 102 cm³/mol. The Kier molecular flexibility index (Phi) is 7.02. The molecule has 3 amide bonds. The average Bonchev–Trinajstić information content (AvgIpc) is 2.68. The smallest absolute Gasteiger partial charge is 0.319 e. The van der Waals surface area contributed by atoms with Gasteiger partial charge in [-0.3, -0.25) is 4.79 Å². The number of anilines is 1. The van der Waals surface area contributed by atoms with Crippen molar-refractivity contribution in [3.05, 3.63) is 60.2 Å². The fourth-order valence-electron chi connectivity index (χ4n) is 2.48. The van der Waals surface area contributed by atoms with Crippen LogP contribution in [0, 0.1) is 0 Å². The van der Waals surface area contributed by atoms with E-state index in [9.17, 15) is 9.59 Å². The molecule has 26 heavy (non-hydrogen) atoms. The summed E-state index contributed by atoms with van der Waals surface area (Å²) in [7, 11) is 3.36. The van der Waals surface area contributed by atoms with Crippen molar-refractivity contribution in [1.82, 2.24) is 10.2 Å². The maximum absolute atomic E-state index is 12.3. The molecule has 6 heteroatoms. The molecule has 0 saturated carbocycles. The molecule has 0 aliphatic rings. The van der Waals surface area contributed by atoms with Crippen LogP contribution in [0.5, 0.6) is 5.75 Å². The highest BCUT2D eigenvalue weighted by molar-refractivity contribution is 5.89. The number of hydrogen-bond acceptors (Lipinski definition) is 3. The van der Waals surface area contributed by atoms with E-state index in [4.69, 9.17) is 4.74 Å². The normalized spacial score (nSPS) is 11.3. The van der Waals surface area contributed by atoms with Crippen molar-refractivity contribution in [3.8, 4) is 5.75 Å². The highest BCUT2D eigenvalue weighted by atomic mass is 16.5. The van der Waals surface area contributed by atoms with Gasteiger partial charge in [-0.25, -0.2) is 4.79 Å². The standard InChI is InChI=1S/C20H25N3O3/c1-15(16-7-5-4-6-8-16)23(2)19(24)13-14-21-20(25)22-17-9-11-18(26-3)12-10-17/h4-12,15H,13-14H2,1-3H3,(H2,21,22,25). The number of nitrogens with one attached hydrogen (secondary N) is 2. The molecule has 0 saturated heterocycles. The molecule has 0 aliphatic carbocycles. The number of methoxy groups -OCH3 is 1. The number of benzene rings is 2. The molecule has 0 heterocycles. The molecule has 0 aromatic heterocycles. The van der Waals surface area contributed by atoms with Crippen LogP contribution < -0.4 is 15.4 Å². The fourth-order valence-corrected chi connectivity index (χ4v) is 2.48. The third-order valence-corrected chi connectivity index (χ3v) is 4.23. The van der Waals surface area contributed by atoms with Gasteiger partial charge >= 0.3 is 6.03 Å². The van der Waals surface area contributed by atoms with Crippen molar-refractivity contribution >= 4 is 17.6 Å². The zero-order chi connectivity index (χ0) is 18.9. The summed E-state index contributed by atoms with van der Waals surface area (Å²) in [6, 6.07) is 16.5. The lowest BCUT2D eigenvalue weighted by Gasteiger charge is -2.25. The molecule has 0 bridgehead atoms. The molecule has 0 spiro atoms. The molecule has 6 nitrogen and oxygen atoms in total. The van der Waals surface area contributed by atoms with Gasteiger partial charge in [0, 0.05) is 25.7 Å². The van der Waals surface area contributed by atoms with Crippen LogP contribution in [0.25, 0.3) is 0 Å². The number of nitrogens with zero attached hydrogens (tertiary/aromatic N) is 1. The van der Waals surface area contributed by atoms with Crippen LogP contribution in [0.4, 0.5) is 10.5 Å². The van der Waals surface area contributed by atoms with Crippen LogP contribution in [0.15, 0.2) is 54.6 Å². The second-order valence-electron chi connectivity index (χ2n) is 5.95. The molecule has 2 aromatic carbocycles. The zero-order valence-electron chi connectivity index (χ0n) is 15.4. The lowest BCUT2D eigenvalue weighted by molar-refractivity contribution is -0.131. The monoisotopic (exact) mass is 355 g/mol. The van der Waals surface area contributed by atoms with Crippen molar-refractivity contribution in [2.75, 3.05) is 26.0 Å². The number of urea groups is 1. The van der Waals surface area contributed by atoms with Gasteiger partial charge in [-0.2, -0.15) is 0 Å². The van der Waals surface area contributed by atoms with Gasteiger partial charge in [0.2, 0.25) is 5.91 Å². The van der Waals surface area contributed by atoms with Crippen LogP contribution in [0.3, 0.4) is 0 Å². The second kappa shape index (κ2) is 9.46. The second-order valence-corrected chi connectivity index (χ2v) is 5.95. The Morgan fingerprint density at radius 1 is 1.08 bits per heavy atom. The van der Waals surface area contributed by atoms with Gasteiger partial charge in [0.1, 0.15) is 5.75 Å². The number of amides is 3. The summed E-state index contributed by atoms with van der Waals surface area (Å²) in [5, 5.41) is 5.41. The van der Waals surface area contributed by atoms with E-state index in [2.05, 4.69) is 10.6 Å². The van der Waals surface area contributed by atoms with Gasteiger partial charge in [0.05, 0.1) is 13.2 Å². The molecule has 2 rings (SSSR count). The quantitative estimate of drug-likeness (QED) is 0.799. The highest BCUT2D eigenvalue weighted by Crippen LogP contribution is 2.18. The number of hydrogen-bond donors (Lipinski definition) is 2. The van der Waals surface area contributed by atoms with E-state index < -0.39 is 0 Å². The summed E-state index contributed by atoms with van der Waals surface area (Å²) in [6.07, 6.45) is 0.240. The van der Waals surface area contributed by atoms with E-state index in [0.717, 1.165) is 11.3 Å². The van der Waals surface area contributed by atoms with E-state index in [-0.39, 0.29) is 30.9 Å². The van der Waals surface area contributed by atoms with Crippen molar-refractivity contribution in [3.63, 3.8) is 0 Å². The number of carbonyl (C=O) groups is 2. The lowest BCUT2D eigenvalue weighted by atomic mass is 10.1. The molecule has 1 unspecified atom stereocenters. The third-order valence-electron chi connectivity index (χ3n) is 4.23. The molecule has 1 atom stereocenters. The van der Waals surface area contributed by atoms with E-state index in [1.54, 1.807) is 43.3 Å². The zero-order valence-corrected chi connectivity index (χ0v) is 15.4. The summed E-state index contributed by atoms with van der Waals surface area (Å²) < 4.78 is 5.07. The summed E-state index contributed by atoms with van der Waals surface area (Å²) in [5.74, 6) is 0.697. The van der Waals surface area contributed by atoms with Gasteiger partial charge < -0.3 is 20.3 Å². The van der Waals surface area contributed by atoms with Gasteiger partial charge in [-0.05, 0) is 36.8 Å². The molecule has 0 aliphatic heterocycles. The van der Waals surface area contributed by atoms with Gasteiger partial charge in [-0.1, -0.05) is 30.3 Å². The van der Waals surface area contributed by atoms with Crippen molar-refractivity contribution in [2.24, 2.45) is 0 Å². The SMILES string of the molecule is COc1ccc(NC(=O)NCCC(=O)N(C)C(C)c2ccccc2)cc1.